The van der Waals surface area contributed by atoms with Crippen LogP contribution in [0, 0.1) is 11.7 Å². The van der Waals surface area contributed by atoms with Crippen LogP contribution in [-0.2, 0) is 16.6 Å². The number of hydrogen-bond acceptors (Lipinski definition) is 5. The molecule has 4 rings (SSSR count). The molecule has 2 unspecified atom stereocenters. The molecule has 7 heteroatoms. The minimum Gasteiger partial charge on any atom is -0.335 e. The minimum atomic E-state index is -0.591. The lowest BCUT2D eigenvalue weighted by Crippen LogP contribution is -2.43. The Hall–Kier alpha value is -2.25. The van der Waals surface area contributed by atoms with Crippen LogP contribution in [-0.4, -0.2) is 43.7 Å². The number of carbonyl (C=O) groups excluding carboxylic acids is 2. The Kier molecular flexibility index (Phi) is 6.20. The van der Waals surface area contributed by atoms with Crippen molar-refractivity contribution in [2.45, 2.75) is 37.5 Å². The monoisotopic (exact) mass is 427 g/mol. The zero-order chi connectivity index (χ0) is 21.3. The molecule has 1 saturated carbocycles. The number of aryl methyl sites for hydroxylation is 1. The van der Waals surface area contributed by atoms with Crippen LogP contribution < -0.4 is 0 Å². The first-order valence-corrected chi connectivity index (χ1v) is 11.2. The number of ketones is 1. The molecule has 1 aromatic heterocycles. The molecule has 2 atom stereocenters. The fourth-order valence-corrected chi connectivity index (χ4v) is 5.00. The second kappa shape index (κ2) is 8.86. The number of likely N-dealkylation sites (tertiary alicyclic amines) is 1. The minimum absolute atomic E-state index is 0.0286. The second-order valence-electron chi connectivity index (χ2n) is 8.07. The lowest BCUT2D eigenvalue weighted by atomic mass is 9.93. The highest BCUT2D eigenvalue weighted by atomic mass is 32.2. The lowest BCUT2D eigenvalue weighted by molar-refractivity contribution is -0.126. The summed E-state index contributed by atoms with van der Waals surface area (Å²) in [6, 6.07) is 5.99. The van der Waals surface area contributed by atoms with E-state index in [1.165, 1.54) is 17.8 Å². The first-order chi connectivity index (χ1) is 14.4. The molecule has 1 aliphatic heterocycles. The van der Waals surface area contributed by atoms with Gasteiger partial charge in [0.25, 0.3) is 0 Å². The fraction of sp³-hybridized carbons (Fsp3) is 0.435. The van der Waals surface area contributed by atoms with Crippen molar-refractivity contribution >= 4 is 28.7 Å². The maximum atomic E-state index is 14.7. The summed E-state index contributed by atoms with van der Waals surface area (Å²) < 4.78 is 16.6. The number of hydrogen-bond donors (Lipinski definition) is 0. The van der Waals surface area contributed by atoms with Crippen LogP contribution >= 0.6 is 11.8 Å². The Morgan fingerprint density at radius 1 is 1.27 bits per heavy atom. The number of piperidine rings is 1. The van der Waals surface area contributed by atoms with E-state index in [9.17, 15) is 14.0 Å². The second-order valence-corrected chi connectivity index (χ2v) is 9.45. The van der Waals surface area contributed by atoms with E-state index >= 15 is 0 Å². The Bertz CT molecular complexity index is 982. The van der Waals surface area contributed by atoms with Gasteiger partial charge in [-0.3, -0.25) is 14.5 Å². The Morgan fingerprint density at radius 2 is 2.03 bits per heavy atom. The number of thioether (sulfide) groups is 1. The quantitative estimate of drug-likeness (QED) is 0.697. The van der Waals surface area contributed by atoms with Crippen LogP contribution in [0.4, 0.5) is 4.39 Å². The van der Waals surface area contributed by atoms with Gasteiger partial charge in [-0.2, -0.15) is 0 Å². The molecule has 5 nitrogen and oxygen atoms in total. The third kappa shape index (κ3) is 4.57. The van der Waals surface area contributed by atoms with Crippen molar-refractivity contribution in [2.75, 3.05) is 13.1 Å². The Balaban J connectivity index is 1.68. The van der Waals surface area contributed by atoms with E-state index in [1.54, 1.807) is 31.3 Å². The molecule has 2 fully saturated rings. The molecular formula is C23H26FN3O2S. The van der Waals surface area contributed by atoms with Gasteiger partial charge in [0.2, 0.25) is 0 Å². The molecule has 2 aromatic rings. The molecule has 0 radical (unpaired) electrons. The maximum absolute atomic E-state index is 14.7. The van der Waals surface area contributed by atoms with Crippen LogP contribution in [0.25, 0.3) is 6.08 Å². The average molecular weight is 428 g/mol. The molecule has 1 aliphatic carbocycles. The average Bonchev–Trinajstić information content (AvgIpc) is 3.48. The summed E-state index contributed by atoms with van der Waals surface area (Å²) in [5.41, 5.74) is 1.49. The number of Topliss-reactive ketones (excluding diaryl/α,β-unsaturated/α-hetero) is 1. The highest BCUT2D eigenvalue weighted by Gasteiger charge is 2.41. The van der Waals surface area contributed by atoms with E-state index in [-0.39, 0.29) is 27.9 Å². The molecule has 1 saturated heterocycles. The van der Waals surface area contributed by atoms with E-state index in [0.29, 0.717) is 18.7 Å². The van der Waals surface area contributed by atoms with Crippen LogP contribution in [0.5, 0.6) is 0 Å². The SMILES string of the molecule is CC(=O)SC1CCN(C(C(=O)C2CC2)c2ccccc2F)CC1=Cc1nccn1C. The summed E-state index contributed by atoms with van der Waals surface area (Å²) in [5, 5.41) is 0.103. The lowest BCUT2D eigenvalue weighted by Gasteiger charge is -2.38. The van der Waals surface area contributed by atoms with Crippen LogP contribution in [0.15, 0.2) is 42.2 Å². The van der Waals surface area contributed by atoms with Crippen molar-refractivity contribution in [3.8, 4) is 0 Å². The van der Waals surface area contributed by atoms with Crippen molar-refractivity contribution in [3.05, 3.63) is 59.4 Å². The molecule has 30 heavy (non-hydrogen) atoms. The topological polar surface area (TPSA) is 55.2 Å². The summed E-state index contributed by atoms with van der Waals surface area (Å²) >= 11 is 1.32. The predicted molar refractivity (Wildman–Crippen MR) is 116 cm³/mol. The van der Waals surface area contributed by atoms with Gasteiger partial charge in [0.05, 0.1) is 6.04 Å². The van der Waals surface area contributed by atoms with Crippen LogP contribution in [0.3, 0.4) is 0 Å². The van der Waals surface area contributed by atoms with Crippen molar-refractivity contribution in [1.29, 1.82) is 0 Å². The summed E-state index contributed by atoms with van der Waals surface area (Å²) in [6.45, 7) is 2.73. The standard InChI is InChI=1S/C23H26FN3O2S/c1-15(28)30-20-9-11-27(14-17(20)13-21-25-10-12-26(21)2)22(23(29)16-7-8-16)18-5-3-4-6-19(18)24/h3-6,10,12-13,16,20,22H,7-9,11,14H2,1-2H3. The van der Waals surface area contributed by atoms with Crippen molar-refractivity contribution < 1.29 is 14.0 Å². The van der Waals surface area contributed by atoms with Gasteiger partial charge in [-0.15, -0.1) is 0 Å². The number of imidazole rings is 1. The van der Waals surface area contributed by atoms with Crippen molar-refractivity contribution in [1.82, 2.24) is 14.5 Å². The largest absolute Gasteiger partial charge is 0.335 e. The number of aromatic nitrogens is 2. The van der Waals surface area contributed by atoms with E-state index in [1.807, 2.05) is 23.9 Å². The smallest absolute Gasteiger partial charge is 0.186 e. The van der Waals surface area contributed by atoms with Gasteiger partial charge < -0.3 is 4.57 Å². The van der Waals surface area contributed by atoms with Gasteiger partial charge in [0, 0.05) is 56.2 Å². The molecule has 2 aliphatic rings. The molecule has 0 N–H and O–H groups in total. The summed E-state index contributed by atoms with van der Waals surface area (Å²) in [5.74, 6) is 0.596. The van der Waals surface area contributed by atoms with Gasteiger partial charge in [-0.1, -0.05) is 30.0 Å². The molecule has 1 aromatic carbocycles. The van der Waals surface area contributed by atoms with Gasteiger partial charge in [-0.05, 0) is 37.0 Å². The summed E-state index contributed by atoms with van der Waals surface area (Å²) in [6.07, 6.45) is 8.11. The van der Waals surface area contributed by atoms with Gasteiger partial charge in [-0.25, -0.2) is 9.37 Å². The van der Waals surface area contributed by atoms with Gasteiger partial charge in [0.15, 0.2) is 10.9 Å². The highest BCUT2D eigenvalue weighted by molar-refractivity contribution is 8.14. The van der Waals surface area contributed by atoms with E-state index in [4.69, 9.17) is 0 Å². The third-order valence-corrected chi connectivity index (χ3v) is 6.93. The number of benzene rings is 1. The third-order valence-electron chi connectivity index (χ3n) is 5.77. The summed E-state index contributed by atoms with van der Waals surface area (Å²) in [7, 11) is 1.92. The van der Waals surface area contributed by atoms with Gasteiger partial charge in [0.1, 0.15) is 11.6 Å². The number of halogens is 1. The highest BCUT2D eigenvalue weighted by Crippen LogP contribution is 2.40. The molecule has 158 valence electrons. The van der Waals surface area contributed by atoms with Crippen LogP contribution in [0.1, 0.15) is 43.6 Å². The molecule has 0 bridgehead atoms. The van der Waals surface area contributed by atoms with Crippen molar-refractivity contribution in [2.24, 2.45) is 13.0 Å². The van der Waals surface area contributed by atoms with E-state index in [2.05, 4.69) is 9.88 Å². The van der Waals surface area contributed by atoms with E-state index < -0.39 is 6.04 Å². The molecule has 0 spiro atoms. The Labute approximate surface area is 180 Å². The van der Waals surface area contributed by atoms with E-state index in [0.717, 1.165) is 30.7 Å². The normalized spacial score (nSPS) is 22.2. The predicted octanol–water partition coefficient (Wildman–Crippen LogP) is 4.02. The molecule has 0 amide bonds. The first-order valence-electron chi connectivity index (χ1n) is 10.3. The number of nitrogens with zero attached hydrogens (tertiary/aromatic N) is 3. The zero-order valence-electron chi connectivity index (χ0n) is 17.3. The maximum Gasteiger partial charge on any atom is 0.186 e. The first kappa shape index (κ1) is 21.0. The summed E-state index contributed by atoms with van der Waals surface area (Å²) in [4.78, 5) is 31.5. The number of carbonyl (C=O) groups is 2. The molecule has 2 heterocycles. The Morgan fingerprint density at radius 3 is 2.67 bits per heavy atom. The van der Waals surface area contributed by atoms with Gasteiger partial charge >= 0.3 is 0 Å². The zero-order valence-corrected chi connectivity index (χ0v) is 18.1. The van der Waals surface area contributed by atoms with Crippen molar-refractivity contribution in [3.63, 3.8) is 0 Å². The van der Waals surface area contributed by atoms with Crippen LogP contribution in [0.2, 0.25) is 0 Å². The fourth-order valence-electron chi connectivity index (χ4n) is 4.08. The molecular weight excluding hydrogens is 401 g/mol. The number of rotatable bonds is 6.